The summed E-state index contributed by atoms with van der Waals surface area (Å²) in [5.41, 5.74) is 0. The molecule has 16 heavy (non-hydrogen) atoms. The van der Waals surface area contributed by atoms with Crippen LogP contribution in [0.25, 0.3) is 0 Å². The van der Waals surface area contributed by atoms with Gasteiger partial charge >= 0.3 is 0 Å². The molecule has 0 amide bonds. The highest BCUT2D eigenvalue weighted by Gasteiger charge is 2.07. The highest BCUT2D eigenvalue weighted by Crippen LogP contribution is 2.06. The molecule has 0 saturated carbocycles. The molecule has 0 atom stereocenters. The third kappa shape index (κ3) is 10.4. The van der Waals surface area contributed by atoms with Crippen LogP contribution in [0.4, 0.5) is 0 Å². The highest BCUT2D eigenvalue weighted by molar-refractivity contribution is 4.62. The van der Waals surface area contributed by atoms with Crippen molar-refractivity contribution in [2.45, 2.75) is 40.5 Å². The Bertz CT molecular complexity index is 124. The number of hydrogen-bond acceptors (Lipinski definition) is 2. The van der Waals surface area contributed by atoms with Gasteiger partial charge < -0.3 is 9.80 Å². The molecule has 2 heteroatoms. The largest absolute Gasteiger partial charge is 0.308 e. The van der Waals surface area contributed by atoms with Gasteiger partial charge in [-0.05, 0) is 51.9 Å². The van der Waals surface area contributed by atoms with E-state index in [0.717, 1.165) is 11.8 Å². The van der Waals surface area contributed by atoms with E-state index < -0.39 is 0 Å². The highest BCUT2D eigenvalue weighted by atomic mass is 15.2. The minimum atomic E-state index is 0.820. The second-order valence-corrected chi connectivity index (χ2v) is 6.01. The van der Waals surface area contributed by atoms with Gasteiger partial charge in [-0.1, -0.05) is 27.7 Å². The number of hydrogen-bond donors (Lipinski definition) is 0. The van der Waals surface area contributed by atoms with Gasteiger partial charge in [0.2, 0.25) is 0 Å². The minimum Gasteiger partial charge on any atom is -0.308 e. The Morgan fingerprint density at radius 2 is 1.12 bits per heavy atom. The van der Waals surface area contributed by atoms with Gasteiger partial charge in [-0.3, -0.25) is 0 Å². The first kappa shape index (κ1) is 15.9. The molecule has 0 unspecified atom stereocenters. The first-order valence-corrected chi connectivity index (χ1v) is 6.79. The molecule has 0 fully saturated rings. The predicted molar refractivity (Wildman–Crippen MR) is 73.9 cm³/mol. The summed E-state index contributed by atoms with van der Waals surface area (Å²) in [7, 11) is 4.31. The van der Waals surface area contributed by atoms with Gasteiger partial charge in [-0.15, -0.1) is 0 Å². The summed E-state index contributed by atoms with van der Waals surface area (Å²) in [5.74, 6) is 1.64. The van der Waals surface area contributed by atoms with Crippen LogP contribution in [0.3, 0.4) is 0 Å². The fourth-order valence-electron chi connectivity index (χ4n) is 1.56. The molecular formula is C14H32N2. The monoisotopic (exact) mass is 228 g/mol. The Kier molecular flexibility index (Phi) is 8.96. The van der Waals surface area contributed by atoms with E-state index in [1.54, 1.807) is 0 Å². The summed E-state index contributed by atoms with van der Waals surface area (Å²) in [6, 6.07) is 0. The molecule has 0 aliphatic carbocycles. The van der Waals surface area contributed by atoms with Crippen molar-refractivity contribution in [3.8, 4) is 0 Å². The van der Waals surface area contributed by atoms with Crippen molar-refractivity contribution >= 4 is 0 Å². The van der Waals surface area contributed by atoms with E-state index in [1.807, 2.05) is 0 Å². The van der Waals surface area contributed by atoms with Crippen LogP contribution in [0.5, 0.6) is 0 Å². The van der Waals surface area contributed by atoms with Crippen molar-refractivity contribution in [1.82, 2.24) is 9.80 Å². The molecule has 0 rings (SSSR count). The SMILES string of the molecule is CC(C)CCN(CCC(C)C)CCN(C)C. The van der Waals surface area contributed by atoms with Crippen molar-refractivity contribution < 1.29 is 0 Å². The average Bonchev–Trinajstić information content (AvgIpc) is 2.15. The smallest absolute Gasteiger partial charge is 0.0109 e. The molecule has 0 spiro atoms. The Morgan fingerprint density at radius 3 is 1.44 bits per heavy atom. The topological polar surface area (TPSA) is 6.48 Å². The van der Waals surface area contributed by atoms with E-state index in [-0.39, 0.29) is 0 Å². The van der Waals surface area contributed by atoms with Crippen molar-refractivity contribution in [1.29, 1.82) is 0 Å². The number of likely N-dealkylation sites (N-methyl/N-ethyl adjacent to an activating group) is 1. The van der Waals surface area contributed by atoms with Crippen LogP contribution >= 0.6 is 0 Å². The first-order chi connectivity index (χ1) is 7.41. The van der Waals surface area contributed by atoms with E-state index >= 15 is 0 Å². The normalized spacial score (nSPS) is 12.4. The molecule has 0 aromatic rings. The lowest BCUT2D eigenvalue weighted by molar-refractivity contribution is 0.219. The zero-order chi connectivity index (χ0) is 12.6. The lowest BCUT2D eigenvalue weighted by atomic mass is 10.1. The maximum atomic E-state index is 2.62. The Balaban J connectivity index is 3.85. The van der Waals surface area contributed by atoms with Gasteiger partial charge in [0.1, 0.15) is 0 Å². The van der Waals surface area contributed by atoms with Crippen LogP contribution in [-0.2, 0) is 0 Å². The van der Waals surface area contributed by atoms with Crippen LogP contribution in [0.15, 0.2) is 0 Å². The van der Waals surface area contributed by atoms with E-state index in [9.17, 15) is 0 Å². The molecule has 0 aromatic carbocycles. The maximum absolute atomic E-state index is 2.62. The van der Waals surface area contributed by atoms with E-state index in [4.69, 9.17) is 0 Å². The number of nitrogens with zero attached hydrogens (tertiary/aromatic N) is 2. The summed E-state index contributed by atoms with van der Waals surface area (Å²) >= 11 is 0. The Morgan fingerprint density at radius 1 is 0.688 bits per heavy atom. The van der Waals surface area contributed by atoms with Gasteiger partial charge in [0, 0.05) is 13.1 Å². The van der Waals surface area contributed by atoms with Crippen molar-refractivity contribution in [3.05, 3.63) is 0 Å². The van der Waals surface area contributed by atoms with Crippen LogP contribution in [0, 0.1) is 11.8 Å². The summed E-state index contributed by atoms with van der Waals surface area (Å²) < 4.78 is 0. The third-order valence-corrected chi connectivity index (χ3v) is 2.91. The lowest BCUT2D eigenvalue weighted by Crippen LogP contribution is -2.34. The third-order valence-electron chi connectivity index (χ3n) is 2.91. The molecule has 2 nitrogen and oxygen atoms in total. The summed E-state index contributed by atoms with van der Waals surface area (Å²) in [6.07, 6.45) is 2.65. The van der Waals surface area contributed by atoms with Gasteiger partial charge in [0.25, 0.3) is 0 Å². The molecule has 0 N–H and O–H groups in total. The van der Waals surface area contributed by atoms with E-state index in [2.05, 4.69) is 51.6 Å². The molecule has 98 valence electrons. The van der Waals surface area contributed by atoms with Crippen LogP contribution in [0.1, 0.15) is 40.5 Å². The van der Waals surface area contributed by atoms with Crippen molar-refractivity contribution in [2.75, 3.05) is 40.3 Å². The minimum absolute atomic E-state index is 0.820. The molecule has 0 radical (unpaired) electrons. The summed E-state index contributed by atoms with van der Waals surface area (Å²) in [4.78, 5) is 4.90. The predicted octanol–water partition coefficient (Wildman–Crippen LogP) is 2.94. The zero-order valence-electron chi connectivity index (χ0n) is 12.3. The van der Waals surface area contributed by atoms with Crippen molar-refractivity contribution in [2.24, 2.45) is 11.8 Å². The van der Waals surface area contributed by atoms with Gasteiger partial charge in [-0.2, -0.15) is 0 Å². The van der Waals surface area contributed by atoms with Gasteiger partial charge in [-0.25, -0.2) is 0 Å². The maximum Gasteiger partial charge on any atom is 0.0109 e. The van der Waals surface area contributed by atoms with E-state index in [1.165, 1.54) is 39.0 Å². The Hall–Kier alpha value is -0.0800. The standard InChI is InChI=1S/C14H32N2/c1-13(2)7-9-16(10-8-14(3)4)12-11-15(5)6/h13-14H,7-12H2,1-6H3. The van der Waals surface area contributed by atoms with Crippen LogP contribution in [0.2, 0.25) is 0 Å². The molecule has 0 aliphatic heterocycles. The second-order valence-electron chi connectivity index (χ2n) is 6.01. The fraction of sp³-hybridized carbons (Fsp3) is 1.00. The fourth-order valence-corrected chi connectivity index (χ4v) is 1.56. The van der Waals surface area contributed by atoms with Crippen LogP contribution in [-0.4, -0.2) is 50.1 Å². The Labute approximate surface area is 103 Å². The lowest BCUT2D eigenvalue weighted by Gasteiger charge is -2.25. The molecule has 0 bridgehead atoms. The average molecular weight is 228 g/mol. The summed E-state index contributed by atoms with van der Waals surface area (Å²) in [6.45, 7) is 14.2. The van der Waals surface area contributed by atoms with Gasteiger partial charge in [0.05, 0.1) is 0 Å². The quantitative estimate of drug-likeness (QED) is 0.599. The molecular weight excluding hydrogens is 196 g/mol. The van der Waals surface area contributed by atoms with Gasteiger partial charge in [0.15, 0.2) is 0 Å². The first-order valence-electron chi connectivity index (χ1n) is 6.79. The van der Waals surface area contributed by atoms with Crippen molar-refractivity contribution in [3.63, 3.8) is 0 Å². The van der Waals surface area contributed by atoms with E-state index in [0.29, 0.717) is 0 Å². The second kappa shape index (κ2) is 9.00. The van der Waals surface area contributed by atoms with Crippen LogP contribution < -0.4 is 0 Å². The molecule has 0 aliphatic rings. The molecule has 0 saturated heterocycles. The number of rotatable bonds is 9. The molecule has 0 heterocycles. The zero-order valence-corrected chi connectivity index (χ0v) is 12.3. The summed E-state index contributed by atoms with van der Waals surface area (Å²) in [5, 5.41) is 0. The molecule has 0 aromatic heterocycles.